The van der Waals surface area contributed by atoms with Crippen molar-refractivity contribution in [3.05, 3.63) is 60.2 Å². The lowest BCUT2D eigenvalue weighted by molar-refractivity contribution is -0.0440. The highest BCUT2D eigenvalue weighted by Crippen LogP contribution is 2.23. The molecule has 1 N–H and O–H groups in total. The molecule has 3 unspecified atom stereocenters. The molecule has 0 radical (unpaired) electrons. The van der Waals surface area contributed by atoms with Gasteiger partial charge in [-0.25, -0.2) is 8.42 Å². The number of amides is 1. The van der Waals surface area contributed by atoms with E-state index in [4.69, 9.17) is 4.74 Å². The fourth-order valence-corrected chi connectivity index (χ4v) is 5.92. The maximum Gasteiger partial charge on any atom is 0.253 e. The van der Waals surface area contributed by atoms with Crippen molar-refractivity contribution in [2.45, 2.75) is 43.4 Å². The van der Waals surface area contributed by atoms with Gasteiger partial charge in [0.25, 0.3) is 5.91 Å². The van der Waals surface area contributed by atoms with Gasteiger partial charge >= 0.3 is 0 Å². The molecule has 0 saturated carbocycles. The standard InChI is InChI=1S/C23H29N3O4S/c1-17-14-26(15-18(2)30-17)31(28,29)22-10-6-7-19(13-22)23(27)25-12-11-21(16-25)24-20-8-4-3-5-9-20/h3-10,13,17-18,21,24H,11-12,14-16H2,1-2H3. The molecule has 2 aliphatic rings. The van der Waals surface area contributed by atoms with E-state index >= 15 is 0 Å². The van der Waals surface area contributed by atoms with Crippen molar-refractivity contribution >= 4 is 21.6 Å². The van der Waals surface area contributed by atoms with E-state index in [0.29, 0.717) is 31.7 Å². The number of likely N-dealkylation sites (tertiary alicyclic amines) is 1. The largest absolute Gasteiger partial charge is 0.380 e. The third-order valence-corrected chi connectivity index (χ3v) is 7.55. The lowest BCUT2D eigenvalue weighted by atomic mass is 10.2. The van der Waals surface area contributed by atoms with Crippen molar-refractivity contribution in [3.8, 4) is 0 Å². The van der Waals surface area contributed by atoms with Gasteiger partial charge in [-0.15, -0.1) is 0 Å². The number of carbonyl (C=O) groups excluding carboxylic acids is 1. The fraction of sp³-hybridized carbons (Fsp3) is 0.435. The van der Waals surface area contributed by atoms with Crippen LogP contribution in [0.5, 0.6) is 0 Å². The zero-order valence-electron chi connectivity index (χ0n) is 17.9. The smallest absolute Gasteiger partial charge is 0.253 e. The van der Waals surface area contributed by atoms with Crippen molar-refractivity contribution in [3.63, 3.8) is 0 Å². The summed E-state index contributed by atoms with van der Waals surface area (Å²) in [4.78, 5) is 15.0. The second kappa shape index (κ2) is 8.98. The van der Waals surface area contributed by atoms with Crippen LogP contribution in [0, 0.1) is 0 Å². The Labute approximate surface area is 184 Å². The van der Waals surface area contributed by atoms with Gasteiger partial charge in [0, 0.05) is 43.5 Å². The molecule has 8 heteroatoms. The number of rotatable bonds is 5. The number of morpholine rings is 1. The molecule has 0 aromatic heterocycles. The number of hydrogen-bond donors (Lipinski definition) is 1. The molecule has 166 valence electrons. The average molecular weight is 444 g/mol. The number of hydrogen-bond acceptors (Lipinski definition) is 5. The molecule has 2 saturated heterocycles. The summed E-state index contributed by atoms with van der Waals surface area (Å²) in [6.07, 6.45) is 0.520. The van der Waals surface area contributed by atoms with Crippen LogP contribution in [0.4, 0.5) is 5.69 Å². The maximum atomic E-state index is 13.2. The predicted molar refractivity (Wildman–Crippen MR) is 120 cm³/mol. The minimum atomic E-state index is -3.69. The number of nitrogens with zero attached hydrogens (tertiary/aromatic N) is 2. The second-order valence-corrected chi connectivity index (χ2v) is 10.3. The van der Waals surface area contributed by atoms with Crippen LogP contribution >= 0.6 is 0 Å². The number of ether oxygens (including phenoxy) is 1. The summed E-state index contributed by atoms with van der Waals surface area (Å²) in [5.41, 5.74) is 1.43. The summed E-state index contributed by atoms with van der Waals surface area (Å²) in [5.74, 6) is -0.141. The highest BCUT2D eigenvalue weighted by atomic mass is 32.2. The number of nitrogens with one attached hydrogen (secondary N) is 1. The number of benzene rings is 2. The van der Waals surface area contributed by atoms with E-state index in [1.54, 1.807) is 23.1 Å². The summed E-state index contributed by atoms with van der Waals surface area (Å²) >= 11 is 0. The number of anilines is 1. The number of carbonyl (C=O) groups is 1. The topological polar surface area (TPSA) is 79.0 Å². The van der Waals surface area contributed by atoms with Crippen LogP contribution in [-0.4, -0.2) is 68.0 Å². The molecule has 2 aromatic carbocycles. The zero-order chi connectivity index (χ0) is 22.0. The number of sulfonamides is 1. The molecule has 4 rings (SSSR count). The highest BCUT2D eigenvalue weighted by Gasteiger charge is 2.33. The molecule has 31 heavy (non-hydrogen) atoms. The molecule has 1 amide bonds. The van der Waals surface area contributed by atoms with Crippen LogP contribution in [0.2, 0.25) is 0 Å². The lowest BCUT2D eigenvalue weighted by Gasteiger charge is -2.34. The van der Waals surface area contributed by atoms with Crippen LogP contribution < -0.4 is 5.32 Å². The molecule has 0 bridgehead atoms. The SMILES string of the molecule is CC1CN(S(=O)(=O)c2cccc(C(=O)N3CCC(Nc4ccccc4)C3)c2)CC(C)O1. The zero-order valence-corrected chi connectivity index (χ0v) is 18.7. The summed E-state index contributed by atoms with van der Waals surface area (Å²) in [5, 5.41) is 3.46. The Morgan fingerprint density at radius 2 is 1.71 bits per heavy atom. The predicted octanol–water partition coefficient (Wildman–Crippen LogP) is 2.81. The van der Waals surface area contributed by atoms with Crippen molar-refractivity contribution in [2.75, 3.05) is 31.5 Å². The first kappa shape index (κ1) is 21.8. The molecular formula is C23H29N3O4S. The molecule has 2 aromatic rings. The van der Waals surface area contributed by atoms with Crippen molar-refractivity contribution in [1.82, 2.24) is 9.21 Å². The summed E-state index contributed by atoms with van der Waals surface area (Å²) in [6.45, 7) is 5.58. The van der Waals surface area contributed by atoms with Gasteiger partial charge in [0.05, 0.1) is 17.1 Å². The van der Waals surface area contributed by atoms with Crippen LogP contribution in [-0.2, 0) is 14.8 Å². The Morgan fingerprint density at radius 3 is 2.42 bits per heavy atom. The van der Waals surface area contributed by atoms with E-state index in [-0.39, 0.29) is 29.1 Å². The van der Waals surface area contributed by atoms with E-state index < -0.39 is 10.0 Å². The van der Waals surface area contributed by atoms with Crippen LogP contribution in [0.1, 0.15) is 30.6 Å². The van der Waals surface area contributed by atoms with Gasteiger partial charge < -0.3 is 15.0 Å². The quantitative estimate of drug-likeness (QED) is 0.769. The second-order valence-electron chi connectivity index (χ2n) is 8.35. The first-order chi connectivity index (χ1) is 14.8. The highest BCUT2D eigenvalue weighted by molar-refractivity contribution is 7.89. The molecule has 2 aliphatic heterocycles. The van der Waals surface area contributed by atoms with Crippen LogP contribution in [0.15, 0.2) is 59.5 Å². The van der Waals surface area contributed by atoms with Gasteiger partial charge in [0.15, 0.2) is 0 Å². The Balaban J connectivity index is 1.46. The summed E-state index contributed by atoms with van der Waals surface area (Å²) < 4.78 is 33.4. The normalized spacial score (nSPS) is 24.8. The van der Waals surface area contributed by atoms with E-state index in [1.165, 1.54) is 10.4 Å². The number of para-hydroxylation sites is 1. The minimum absolute atomic E-state index is 0.141. The summed E-state index contributed by atoms with van der Waals surface area (Å²) in [6, 6.07) is 16.5. The Hall–Kier alpha value is -2.42. The average Bonchev–Trinajstić information content (AvgIpc) is 3.22. The lowest BCUT2D eigenvalue weighted by Crippen LogP contribution is -2.48. The van der Waals surface area contributed by atoms with Gasteiger partial charge in [-0.2, -0.15) is 4.31 Å². The molecule has 0 spiro atoms. The monoisotopic (exact) mass is 443 g/mol. The minimum Gasteiger partial charge on any atom is -0.380 e. The van der Waals surface area contributed by atoms with E-state index in [1.807, 2.05) is 44.2 Å². The Morgan fingerprint density at radius 1 is 1.00 bits per heavy atom. The Kier molecular flexibility index (Phi) is 6.31. The Bertz CT molecular complexity index is 1020. The molecular weight excluding hydrogens is 414 g/mol. The maximum absolute atomic E-state index is 13.2. The van der Waals surface area contributed by atoms with Crippen molar-refractivity contribution in [2.24, 2.45) is 0 Å². The molecule has 3 atom stereocenters. The third kappa shape index (κ3) is 4.92. The molecule has 2 fully saturated rings. The van der Waals surface area contributed by atoms with Crippen molar-refractivity contribution in [1.29, 1.82) is 0 Å². The van der Waals surface area contributed by atoms with E-state index in [9.17, 15) is 13.2 Å². The van der Waals surface area contributed by atoms with Gasteiger partial charge in [-0.1, -0.05) is 24.3 Å². The van der Waals surface area contributed by atoms with E-state index in [0.717, 1.165) is 12.1 Å². The summed E-state index contributed by atoms with van der Waals surface area (Å²) in [7, 11) is -3.69. The third-order valence-electron chi connectivity index (χ3n) is 5.72. The van der Waals surface area contributed by atoms with Gasteiger partial charge in [-0.05, 0) is 50.6 Å². The fourth-order valence-electron chi connectivity index (χ4n) is 4.28. The molecule has 2 heterocycles. The molecule has 7 nitrogen and oxygen atoms in total. The van der Waals surface area contributed by atoms with Gasteiger partial charge in [0.2, 0.25) is 10.0 Å². The first-order valence-corrected chi connectivity index (χ1v) is 12.1. The van der Waals surface area contributed by atoms with Crippen molar-refractivity contribution < 1.29 is 17.9 Å². The van der Waals surface area contributed by atoms with Crippen LogP contribution in [0.25, 0.3) is 0 Å². The van der Waals surface area contributed by atoms with Gasteiger partial charge in [-0.3, -0.25) is 4.79 Å². The first-order valence-electron chi connectivity index (χ1n) is 10.7. The van der Waals surface area contributed by atoms with Gasteiger partial charge in [0.1, 0.15) is 0 Å². The van der Waals surface area contributed by atoms with E-state index in [2.05, 4.69) is 5.32 Å². The van der Waals surface area contributed by atoms with Crippen LogP contribution in [0.3, 0.4) is 0 Å². The molecule has 0 aliphatic carbocycles.